The van der Waals surface area contributed by atoms with Crippen molar-refractivity contribution in [2.24, 2.45) is 40.4 Å². The molecule has 0 unspecified atom stereocenters. The van der Waals surface area contributed by atoms with Crippen molar-refractivity contribution in [3.63, 3.8) is 0 Å². The van der Waals surface area contributed by atoms with Crippen molar-refractivity contribution < 1.29 is 14.4 Å². The smallest absolute Gasteiger partial charge is 0.223 e. The maximum atomic E-state index is 13.9. The number of aromatic nitrogens is 4. The highest BCUT2D eigenvalue weighted by molar-refractivity contribution is 5.92. The van der Waals surface area contributed by atoms with Crippen molar-refractivity contribution in [3.8, 4) is 0 Å². The van der Waals surface area contributed by atoms with Gasteiger partial charge in [-0.25, -0.2) is 15.0 Å². The summed E-state index contributed by atoms with van der Waals surface area (Å²) in [5.41, 5.74) is 8.22. The first-order chi connectivity index (χ1) is 19.1. The molecule has 3 N–H and O–H groups in total. The van der Waals surface area contributed by atoms with Gasteiger partial charge in [0.1, 0.15) is 17.6 Å². The summed E-state index contributed by atoms with van der Waals surface area (Å²) in [4.78, 5) is 51.5. The van der Waals surface area contributed by atoms with E-state index in [1.54, 1.807) is 13.3 Å². The highest BCUT2D eigenvalue weighted by atomic mass is 16.2. The number of nitrogens with zero attached hydrogens (tertiary/aromatic N) is 4. The third-order valence-electron chi connectivity index (χ3n) is 11.1. The molecule has 4 aliphatic rings. The van der Waals surface area contributed by atoms with Gasteiger partial charge in [-0.05, 0) is 80.1 Å². The minimum atomic E-state index is -0.184. The van der Waals surface area contributed by atoms with Crippen molar-refractivity contribution in [3.05, 3.63) is 36.5 Å². The molecule has 9 heteroatoms. The average Bonchev–Trinajstić information content (AvgIpc) is 3.50. The van der Waals surface area contributed by atoms with E-state index < -0.39 is 0 Å². The SMILES string of the molecule is CC(=O)[C@H]1CC[C@H]2[C@@H]3[C@H](C(=O)NC/C=C\Cn4cnc5c(N)ncnc54)CC4=CC(=O)CC[C@]4(C)[C@H]3CC[C@]12C. The minimum Gasteiger partial charge on any atom is -0.382 e. The van der Waals surface area contributed by atoms with E-state index in [-0.39, 0.29) is 40.3 Å². The molecule has 0 radical (unpaired) electrons. The number of hydrogen-bond donors (Lipinski definition) is 2. The Kier molecular flexibility index (Phi) is 6.66. The first-order valence-corrected chi connectivity index (χ1v) is 14.7. The predicted molar refractivity (Wildman–Crippen MR) is 152 cm³/mol. The molecule has 212 valence electrons. The van der Waals surface area contributed by atoms with Crippen LogP contribution in [-0.2, 0) is 20.9 Å². The lowest BCUT2D eigenvalue weighted by Gasteiger charge is -2.60. The highest BCUT2D eigenvalue weighted by Gasteiger charge is 2.62. The summed E-state index contributed by atoms with van der Waals surface area (Å²) >= 11 is 0. The Morgan fingerprint density at radius 3 is 2.75 bits per heavy atom. The molecule has 0 aliphatic heterocycles. The van der Waals surface area contributed by atoms with Gasteiger partial charge >= 0.3 is 0 Å². The van der Waals surface area contributed by atoms with Crippen molar-refractivity contribution in [1.82, 2.24) is 24.8 Å². The molecule has 7 atom stereocenters. The van der Waals surface area contributed by atoms with Gasteiger partial charge in [-0.2, -0.15) is 0 Å². The Morgan fingerprint density at radius 1 is 1.12 bits per heavy atom. The number of nitrogens with one attached hydrogen (secondary N) is 1. The Morgan fingerprint density at radius 2 is 1.95 bits per heavy atom. The third kappa shape index (κ3) is 4.20. The zero-order valence-electron chi connectivity index (χ0n) is 23.7. The van der Waals surface area contributed by atoms with E-state index in [0.29, 0.717) is 60.5 Å². The molecule has 0 spiro atoms. The molecular formula is C31H40N6O3. The van der Waals surface area contributed by atoms with E-state index in [2.05, 4.69) is 34.1 Å². The zero-order chi connectivity index (χ0) is 28.2. The third-order valence-corrected chi connectivity index (χ3v) is 11.1. The number of carbonyl (C=O) groups is 3. The summed E-state index contributed by atoms with van der Waals surface area (Å²) < 4.78 is 1.89. The summed E-state index contributed by atoms with van der Waals surface area (Å²) in [6.07, 6.45) is 15.0. The number of amides is 1. The second-order valence-electron chi connectivity index (χ2n) is 13.0. The van der Waals surface area contributed by atoms with Crippen LogP contribution in [0.15, 0.2) is 36.5 Å². The Hall–Kier alpha value is -3.36. The fraction of sp³-hybridized carbons (Fsp3) is 0.613. The van der Waals surface area contributed by atoms with Gasteiger partial charge in [-0.1, -0.05) is 31.6 Å². The fourth-order valence-electron chi connectivity index (χ4n) is 9.09. The highest BCUT2D eigenvalue weighted by Crippen LogP contribution is 2.67. The molecular weight excluding hydrogens is 504 g/mol. The van der Waals surface area contributed by atoms with Crippen LogP contribution in [0.3, 0.4) is 0 Å². The molecule has 0 bridgehead atoms. The van der Waals surface area contributed by atoms with E-state index >= 15 is 0 Å². The van der Waals surface area contributed by atoms with Crippen molar-refractivity contribution in [2.75, 3.05) is 12.3 Å². The normalized spacial score (nSPS) is 35.2. The van der Waals surface area contributed by atoms with Crippen LogP contribution in [0, 0.1) is 40.4 Å². The number of imidazole rings is 1. The predicted octanol–water partition coefficient (Wildman–Crippen LogP) is 4.04. The molecule has 3 fully saturated rings. The van der Waals surface area contributed by atoms with Crippen molar-refractivity contribution in [2.45, 2.75) is 72.3 Å². The molecule has 0 aromatic carbocycles. The number of fused-ring (bicyclic) bond motifs is 6. The van der Waals surface area contributed by atoms with Crippen molar-refractivity contribution in [1.29, 1.82) is 0 Å². The standard InChI is InChI=1S/C31H40N6O3/c1-18(38)22-6-7-23-25-21(15-19-14-20(39)8-10-30(19,2)24(25)9-11-31(22,23)3)29(40)33-12-4-5-13-37-17-36-26-27(32)34-16-35-28(26)37/h4-5,14,16-17,21-25H,6-13,15H2,1-3H3,(H,33,40)(H2,32,34,35)/b5-4-/t21-,22-,23+,24+,25+,30+,31-/m1/s1. The van der Waals surface area contributed by atoms with Gasteiger partial charge < -0.3 is 15.6 Å². The first-order valence-electron chi connectivity index (χ1n) is 14.7. The molecule has 0 saturated heterocycles. The second kappa shape index (κ2) is 9.93. The van der Waals surface area contributed by atoms with E-state index in [4.69, 9.17) is 5.73 Å². The molecule has 6 rings (SSSR count). The number of nitrogen functional groups attached to an aromatic ring is 1. The Labute approximate surface area is 235 Å². The molecule has 2 aromatic heterocycles. The number of allylic oxidation sites excluding steroid dienone is 2. The second-order valence-corrected chi connectivity index (χ2v) is 13.0. The number of anilines is 1. The van der Waals surface area contributed by atoms with E-state index in [1.807, 2.05) is 22.8 Å². The lowest BCUT2D eigenvalue weighted by Crippen LogP contribution is -2.56. The van der Waals surface area contributed by atoms with Crippen LogP contribution < -0.4 is 11.1 Å². The molecule has 2 aromatic rings. The van der Waals surface area contributed by atoms with Gasteiger partial charge in [0.05, 0.1) is 6.33 Å². The van der Waals surface area contributed by atoms with Crippen molar-refractivity contribution >= 4 is 34.5 Å². The summed E-state index contributed by atoms with van der Waals surface area (Å²) in [7, 11) is 0. The topological polar surface area (TPSA) is 133 Å². The first kappa shape index (κ1) is 26.8. The lowest BCUT2D eigenvalue weighted by atomic mass is 9.44. The summed E-state index contributed by atoms with van der Waals surface area (Å²) in [5, 5.41) is 3.18. The Balaban J connectivity index is 1.20. The van der Waals surface area contributed by atoms with Crippen LogP contribution >= 0.6 is 0 Å². The van der Waals surface area contributed by atoms with Gasteiger partial charge in [0.25, 0.3) is 0 Å². The van der Waals surface area contributed by atoms with Crippen LogP contribution in [0.25, 0.3) is 11.2 Å². The minimum absolute atomic E-state index is 0.0363. The number of nitrogens with two attached hydrogens (primary N) is 1. The van der Waals surface area contributed by atoms with E-state index in [0.717, 1.165) is 32.1 Å². The van der Waals surface area contributed by atoms with Crippen LogP contribution in [0.1, 0.15) is 65.7 Å². The molecule has 3 saturated carbocycles. The summed E-state index contributed by atoms with van der Waals surface area (Å²) in [6.45, 7) is 7.35. The van der Waals surface area contributed by atoms with Gasteiger partial charge in [0.2, 0.25) is 5.91 Å². The number of hydrogen-bond acceptors (Lipinski definition) is 7. The number of rotatable bonds is 6. The van der Waals surface area contributed by atoms with Gasteiger partial charge in [-0.3, -0.25) is 14.4 Å². The van der Waals surface area contributed by atoms with Gasteiger partial charge in [-0.15, -0.1) is 0 Å². The summed E-state index contributed by atoms with van der Waals surface area (Å²) in [5.74, 6) is 1.73. The van der Waals surface area contributed by atoms with Gasteiger partial charge in [0.15, 0.2) is 17.2 Å². The van der Waals surface area contributed by atoms with Crippen LogP contribution in [0.4, 0.5) is 5.82 Å². The lowest BCUT2D eigenvalue weighted by molar-refractivity contribution is -0.141. The molecule has 40 heavy (non-hydrogen) atoms. The fourth-order valence-corrected chi connectivity index (χ4v) is 9.09. The molecule has 1 amide bonds. The largest absolute Gasteiger partial charge is 0.382 e. The Bertz CT molecular complexity index is 1430. The maximum Gasteiger partial charge on any atom is 0.223 e. The average molecular weight is 545 g/mol. The number of Topliss-reactive ketones (excluding diaryl/α,β-unsaturated/α-hetero) is 1. The molecule has 9 nitrogen and oxygen atoms in total. The molecule has 4 aliphatic carbocycles. The molecule has 2 heterocycles. The quantitative estimate of drug-likeness (QED) is 0.524. The monoisotopic (exact) mass is 544 g/mol. The van der Waals surface area contributed by atoms with E-state index in [1.165, 1.54) is 11.9 Å². The van der Waals surface area contributed by atoms with Crippen LogP contribution in [0.5, 0.6) is 0 Å². The zero-order valence-corrected chi connectivity index (χ0v) is 23.7. The maximum absolute atomic E-state index is 13.9. The number of carbonyl (C=O) groups excluding carboxylic acids is 3. The summed E-state index contributed by atoms with van der Waals surface area (Å²) in [6, 6.07) is 0. The van der Waals surface area contributed by atoms with Gasteiger partial charge in [0, 0.05) is 31.3 Å². The number of ketones is 2. The van der Waals surface area contributed by atoms with Crippen LogP contribution in [-0.4, -0.2) is 43.5 Å². The van der Waals surface area contributed by atoms with E-state index in [9.17, 15) is 14.4 Å². The van der Waals surface area contributed by atoms with Crippen LogP contribution in [0.2, 0.25) is 0 Å².